The lowest BCUT2D eigenvalue weighted by Gasteiger charge is -2.59. The third-order valence-electron chi connectivity index (χ3n) is 11.1. The number of fused-ring (bicyclic) bond motifs is 2. The van der Waals surface area contributed by atoms with Crippen molar-refractivity contribution in [1.29, 1.82) is 0 Å². The van der Waals surface area contributed by atoms with Crippen molar-refractivity contribution >= 4 is 12.3 Å². The Kier molecular flexibility index (Phi) is 6.25. The van der Waals surface area contributed by atoms with Crippen molar-refractivity contribution in [3.63, 3.8) is 0 Å². The second kappa shape index (κ2) is 9.22. The molecule has 0 aromatic heterocycles. The Morgan fingerprint density at radius 3 is 2.65 bits per heavy atom. The number of hydrogen-bond acceptors (Lipinski definition) is 4. The highest BCUT2D eigenvalue weighted by Crippen LogP contribution is 2.82. The predicted octanol–water partition coefficient (Wildman–Crippen LogP) is 6.70. The number of hydrogen-bond donors (Lipinski definition) is 0. The fraction of sp³-hybridized carbons (Fsp3) is 0.636. The number of esters is 1. The Labute approximate surface area is 221 Å². The first-order valence-corrected chi connectivity index (χ1v) is 14.6. The lowest BCUT2D eigenvalue weighted by atomic mass is 9.43. The lowest BCUT2D eigenvalue weighted by molar-refractivity contribution is -0.194. The minimum Gasteiger partial charge on any atom is -0.460 e. The van der Waals surface area contributed by atoms with Crippen LogP contribution in [0.1, 0.15) is 71.3 Å². The van der Waals surface area contributed by atoms with Crippen LogP contribution in [0.2, 0.25) is 0 Å². The van der Waals surface area contributed by atoms with Crippen molar-refractivity contribution in [3.8, 4) is 0 Å². The maximum absolute atomic E-state index is 14.7. The van der Waals surface area contributed by atoms with E-state index in [1.165, 1.54) is 6.29 Å². The van der Waals surface area contributed by atoms with Crippen molar-refractivity contribution < 1.29 is 19.1 Å². The Morgan fingerprint density at radius 2 is 1.95 bits per heavy atom. The number of carbonyl (C=O) groups excluding carboxylic acids is 2. The molecule has 5 aliphatic carbocycles. The summed E-state index contributed by atoms with van der Waals surface area (Å²) in [4.78, 5) is 28.2. The molecule has 1 aromatic rings. The van der Waals surface area contributed by atoms with E-state index < -0.39 is 16.2 Å². The van der Waals surface area contributed by atoms with Crippen molar-refractivity contribution in [2.45, 2.75) is 78.4 Å². The van der Waals surface area contributed by atoms with Crippen LogP contribution in [0.15, 0.2) is 54.1 Å². The van der Waals surface area contributed by atoms with Crippen molar-refractivity contribution in [2.24, 2.45) is 45.8 Å². The quantitative estimate of drug-likeness (QED) is 0.226. The first-order valence-electron chi connectivity index (χ1n) is 14.6. The van der Waals surface area contributed by atoms with E-state index in [-0.39, 0.29) is 36.4 Å². The summed E-state index contributed by atoms with van der Waals surface area (Å²) in [5.74, 6) is 1.40. The molecule has 0 heterocycles. The van der Waals surface area contributed by atoms with Crippen molar-refractivity contribution in [1.82, 2.24) is 0 Å². The van der Waals surface area contributed by atoms with Crippen LogP contribution in [0, 0.1) is 45.8 Å². The molecule has 5 aliphatic rings. The van der Waals surface area contributed by atoms with E-state index >= 15 is 0 Å². The number of benzene rings is 1. The van der Waals surface area contributed by atoms with E-state index in [4.69, 9.17) is 9.47 Å². The van der Waals surface area contributed by atoms with Crippen LogP contribution in [-0.2, 0) is 25.7 Å². The third kappa shape index (κ3) is 3.36. The Morgan fingerprint density at radius 1 is 1.14 bits per heavy atom. The van der Waals surface area contributed by atoms with Gasteiger partial charge in [-0.25, -0.2) is 0 Å². The summed E-state index contributed by atoms with van der Waals surface area (Å²) in [5.41, 5.74) is 0.0322. The van der Waals surface area contributed by atoms with Crippen LogP contribution in [0.25, 0.3) is 0 Å². The summed E-state index contributed by atoms with van der Waals surface area (Å²) in [7, 11) is 0. The lowest BCUT2D eigenvalue weighted by Crippen LogP contribution is -2.64. The normalized spacial score (nSPS) is 41.5. The van der Waals surface area contributed by atoms with Crippen LogP contribution in [-0.4, -0.2) is 25.0 Å². The second-order valence-electron chi connectivity index (χ2n) is 13.0. The highest BCUT2D eigenvalue weighted by Gasteiger charge is 2.84. The van der Waals surface area contributed by atoms with E-state index in [2.05, 4.69) is 39.0 Å². The average Bonchev–Trinajstić information content (AvgIpc) is 3.49. The second-order valence-corrected chi connectivity index (χ2v) is 13.0. The molecule has 1 aromatic carbocycles. The Balaban J connectivity index is 1.46. The average molecular weight is 503 g/mol. The standard InChI is InChI=1S/C33H42O4/c1-22(2)29-16-25-17-31(20-34)28-15-14-23(3)27(28)18-32(25,21-37-26-12-8-5-9-13-26)33(29,31)30(35)36-19-24-10-6-4-7-11-24/h4,6-8,10-12,16,20,22-23,25-28H,5,9,13-15,17-19,21H2,1-3H3/t23-,25+,26?,27-,28-,31+,32+,33+/m1/s1. The molecule has 0 amide bonds. The molecule has 3 fully saturated rings. The minimum atomic E-state index is -0.945. The summed E-state index contributed by atoms with van der Waals surface area (Å²) in [6.07, 6.45) is 15.2. The number of allylic oxidation sites excluding steroid dienone is 2. The van der Waals surface area contributed by atoms with Gasteiger partial charge in [0.1, 0.15) is 18.3 Å². The largest absolute Gasteiger partial charge is 0.460 e. The summed E-state index contributed by atoms with van der Waals surface area (Å²) in [6, 6.07) is 9.91. The molecule has 0 spiro atoms. The SMILES string of the molecule is CC(C)C1=C[C@H]2C[C@]3(C=O)[C@@H]4CC[C@@H](C)[C@H]4C[C@@]2(COC2C=CCCC2)[C@]13C(=O)OCc1ccccc1. The summed E-state index contributed by atoms with van der Waals surface area (Å²) < 4.78 is 13.0. The van der Waals surface area contributed by atoms with Gasteiger partial charge in [0, 0.05) is 5.41 Å². The van der Waals surface area contributed by atoms with Gasteiger partial charge in [0.05, 0.1) is 18.1 Å². The van der Waals surface area contributed by atoms with E-state index in [0.29, 0.717) is 18.4 Å². The Hall–Kier alpha value is -2.20. The van der Waals surface area contributed by atoms with Crippen LogP contribution < -0.4 is 0 Å². The van der Waals surface area contributed by atoms with Gasteiger partial charge in [-0.05, 0) is 73.7 Å². The van der Waals surface area contributed by atoms with Crippen LogP contribution in [0.3, 0.4) is 0 Å². The summed E-state index contributed by atoms with van der Waals surface area (Å²) in [5, 5.41) is 0. The zero-order valence-electron chi connectivity index (χ0n) is 22.7. The van der Waals surface area contributed by atoms with Gasteiger partial charge in [0.15, 0.2) is 0 Å². The number of ether oxygens (including phenoxy) is 2. The van der Waals surface area contributed by atoms with Crippen LogP contribution in [0.4, 0.5) is 0 Å². The van der Waals surface area contributed by atoms with Gasteiger partial charge in [-0.15, -0.1) is 0 Å². The van der Waals surface area contributed by atoms with E-state index in [0.717, 1.165) is 56.1 Å². The molecular weight excluding hydrogens is 460 g/mol. The molecule has 8 atom stereocenters. The highest BCUT2D eigenvalue weighted by atomic mass is 16.5. The third-order valence-corrected chi connectivity index (χ3v) is 11.1. The fourth-order valence-corrected chi connectivity index (χ4v) is 9.62. The van der Waals surface area contributed by atoms with Gasteiger partial charge in [-0.1, -0.05) is 81.3 Å². The van der Waals surface area contributed by atoms with Gasteiger partial charge >= 0.3 is 5.97 Å². The highest BCUT2D eigenvalue weighted by molar-refractivity contribution is 5.91. The van der Waals surface area contributed by atoms with E-state index in [1.807, 2.05) is 30.3 Å². The van der Waals surface area contributed by atoms with Gasteiger partial charge < -0.3 is 14.3 Å². The first kappa shape index (κ1) is 25.1. The van der Waals surface area contributed by atoms with Crippen molar-refractivity contribution in [3.05, 3.63) is 59.7 Å². The smallest absolute Gasteiger partial charge is 0.318 e. The van der Waals surface area contributed by atoms with Gasteiger partial charge in [-0.2, -0.15) is 0 Å². The molecule has 198 valence electrons. The molecular formula is C33H42O4. The molecule has 6 rings (SSSR count). The summed E-state index contributed by atoms with van der Waals surface area (Å²) >= 11 is 0. The molecule has 37 heavy (non-hydrogen) atoms. The summed E-state index contributed by atoms with van der Waals surface area (Å²) in [6.45, 7) is 7.47. The molecule has 1 unspecified atom stereocenters. The zero-order valence-corrected chi connectivity index (χ0v) is 22.7. The van der Waals surface area contributed by atoms with Crippen molar-refractivity contribution in [2.75, 3.05) is 6.61 Å². The number of rotatable bonds is 8. The molecule has 0 aliphatic heterocycles. The first-order chi connectivity index (χ1) is 17.9. The Bertz CT molecular complexity index is 1100. The zero-order chi connectivity index (χ0) is 25.8. The van der Waals surface area contributed by atoms with E-state index in [9.17, 15) is 9.59 Å². The molecule has 3 saturated carbocycles. The molecule has 0 radical (unpaired) electrons. The maximum atomic E-state index is 14.7. The molecule has 4 bridgehead atoms. The topological polar surface area (TPSA) is 52.6 Å². The van der Waals surface area contributed by atoms with Crippen LogP contribution in [0.5, 0.6) is 0 Å². The number of aldehydes is 1. The fourth-order valence-electron chi connectivity index (χ4n) is 9.62. The molecule has 4 nitrogen and oxygen atoms in total. The minimum absolute atomic E-state index is 0.0902. The monoisotopic (exact) mass is 502 g/mol. The van der Waals surface area contributed by atoms with Gasteiger partial charge in [0.2, 0.25) is 0 Å². The van der Waals surface area contributed by atoms with E-state index in [1.54, 1.807) is 0 Å². The molecule has 0 N–H and O–H groups in total. The van der Waals surface area contributed by atoms with Crippen LogP contribution >= 0.6 is 0 Å². The molecule has 4 heteroatoms. The predicted molar refractivity (Wildman–Crippen MR) is 143 cm³/mol. The van der Waals surface area contributed by atoms with Gasteiger partial charge in [0.25, 0.3) is 0 Å². The van der Waals surface area contributed by atoms with Gasteiger partial charge in [-0.3, -0.25) is 4.79 Å². The molecule has 0 saturated heterocycles. The number of carbonyl (C=O) groups is 2. The maximum Gasteiger partial charge on any atom is 0.318 e.